The number of hydrogen-bond acceptors (Lipinski definition) is 3. The second-order valence-corrected chi connectivity index (χ2v) is 6.82. The molecule has 0 aromatic carbocycles. The fourth-order valence-electron chi connectivity index (χ4n) is 3.96. The molecule has 2 aliphatic heterocycles. The number of hydrogen-bond donors (Lipinski definition) is 0. The summed E-state index contributed by atoms with van der Waals surface area (Å²) in [6.45, 7) is 3.82. The zero-order valence-corrected chi connectivity index (χ0v) is 14.8. The quantitative estimate of drug-likeness (QED) is 0.850. The van der Waals surface area contributed by atoms with Gasteiger partial charge in [0.2, 0.25) is 5.91 Å². The number of nitrogens with zero attached hydrogens (tertiary/aromatic N) is 3. The molecule has 0 N–H and O–H groups in total. The summed E-state index contributed by atoms with van der Waals surface area (Å²) in [5.41, 5.74) is 1.74. The molecular formula is C18H27N3O3. The molecule has 0 spiro atoms. The lowest BCUT2D eigenvalue weighted by atomic mass is 9.99. The Morgan fingerprint density at radius 2 is 1.96 bits per heavy atom. The van der Waals surface area contributed by atoms with E-state index in [9.17, 15) is 9.59 Å². The average Bonchev–Trinajstić information content (AvgIpc) is 3.21. The van der Waals surface area contributed by atoms with Crippen LogP contribution >= 0.6 is 0 Å². The van der Waals surface area contributed by atoms with Gasteiger partial charge in [-0.25, -0.2) is 0 Å². The Bertz CT molecular complexity index is 625. The number of piperidine rings is 1. The summed E-state index contributed by atoms with van der Waals surface area (Å²) < 4.78 is 7.32. The van der Waals surface area contributed by atoms with Crippen molar-refractivity contribution in [3.8, 4) is 0 Å². The largest absolute Gasteiger partial charge is 0.380 e. The monoisotopic (exact) mass is 333 g/mol. The normalized spacial score (nSPS) is 24.5. The van der Waals surface area contributed by atoms with Gasteiger partial charge >= 0.3 is 0 Å². The van der Waals surface area contributed by atoms with Crippen molar-refractivity contribution in [2.24, 2.45) is 7.05 Å². The first-order chi connectivity index (χ1) is 11.5. The van der Waals surface area contributed by atoms with Crippen LogP contribution < -0.4 is 0 Å². The highest BCUT2D eigenvalue weighted by Crippen LogP contribution is 2.32. The standard InChI is InChI=1S/C18H27N3O3/c1-13(22)21-10-5-4-6-16(21)15-7-8-17(19(15)2)18(23)20-11-9-14(12-20)24-3/h7-8,14,16H,4-6,9-12H2,1-3H3/t14-,16+/m1/s1. The second-order valence-electron chi connectivity index (χ2n) is 6.82. The van der Waals surface area contributed by atoms with Crippen molar-refractivity contribution in [1.29, 1.82) is 0 Å². The van der Waals surface area contributed by atoms with Crippen LogP contribution in [0.1, 0.15) is 54.8 Å². The molecule has 132 valence electrons. The Balaban J connectivity index is 1.80. The van der Waals surface area contributed by atoms with Gasteiger partial charge in [0.15, 0.2) is 0 Å². The minimum Gasteiger partial charge on any atom is -0.380 e. The fraction of sp³-hybridized carbons (Fsp3) is 0.667. The van der Waals surface area contributed by atoms with Crippen molar-refractivity contribution in [1.82, 2.24) is 14.4 Å². The van der Waals surface area contributed by atoms with Gasteiger partial charge < -0.3 is 19.1 Å². The van der Waals surface area contributed by atoms with E-state index in [0.29, 0.717) is 12.2 Å². The van der Waals surface area contributed by atoms with Crippen molar-refractivity contribution < 1.29 is 14.3 Å². The van der Waals surface area contributed by atoms with Gasteiger partial charge in [0.25, 0.3) is 5.91 Å². The Kier molecular flexibility index (Phi) is 4.94. The lowest BCUT2D eigenvalue weighted by molar-refractivity contribution is -0.132. The maximum atomic E-state index is 12.8. The van der Waals surface area contributed by atoms with Gasteiger partial charge in [0.05, 0.1) is 12.1 Å². The predicted molar refractivity (Wildman–Crippen MR) is 90.7 cm³/mol. The van der Waals surface area contributed by atoms with Gasteiger partial charge in [-0.15, -0.1) is 0 Å². The molecule has 2 saturated heterocycles. The van der Waals surface area contributed by atoms with E-state index in [-0.39, 0.29) is 24.0 Å². The summed E-state index contributed by atoms with van der Waals surface area (Å²) in [7, 11) is 3.62. The molecule has 6 heteroatoms. The van der Waals surface area contributed by atoms with E-state index in [0.717, 1.165) is 44.5 Å². The summed E-state index contributed by atoms with van der Waals surface area (Å²) in [5.74, 6) is 0.157. The molecule has 2 amide bonds. The number of likely N-dealkylation sites (tertiary alicyclic amines) is 2. The van der Waals surface area contributed by atoms with Crippen LogP contribution in [0.2, 0.25) is 0 Å². The zero-order valence-electron chi connectivity index (χ0n) is 14.8. The van der Waals surface area contributed by atoms with Crippen molar-refractivity contribution in [3.63, 3.8) is 0 Å². The van der Waals surface area contributed by atoms with Crippen molar-refractivity contribution in [3.05, 3.63) is 23.5 Å². The van der Waals surface area contributed by atoms with Crippen molar-refractivity contribution in [2.75, 3.05) is 26.7 Å². The van der Waals surface area contributed by atoms with Gasteiger partial charge in [0.1, 0.15) is 5.69 Å². The van der Waals surface area contributed by atoms with E-state index in [2.05, 4.69) is 0 Å². The van der Waals surface area contributed by atoms with Crippen LogP contribution in [0.4, 0.5) is 0 Å². The van der Waals surface area contributed by atoms with E-state index in [1.807, 2.05) is 33.5 Å². The van der Waals surface area contributed by atoms with Gasteiger partial charge in [-0.05, 0) is 37.8 Å². The SMILES string of the molecule is CO[C@@H]1CCN(C(=O)c2ccc([C@@H]3CCCCN3C(C)=O)n2C)C1. The van der Waals surface area contributed by atoms with Gasteiger partial charge in [0, 0.05) is 46.4 Å². The maximum absolute atomic E-state index is 12.8. The van der Waals surface area contributed by atoms with Crippen LogP contribution in [0.15, 0.2) is 12.1 Å². The topological polar surface area (TPSA) is 54.8 Å². The van der Waals surface area contributed by atoms with Crippen molar-refractivity contribution in [2.45, 2.75) is 44.8 Å². The van der Waals surface area contributed by atoms with Crippen LogP contribution in [-0.2, 0) is 16.6 Å². The van der Waals surface area contributed by atoms with Crippen LogP contribution in [0.25, 0.3) is 0 Å². The van der Waals surface area contributed by atoms with E-state index < -0.39 is 0 Å². The molecule has 1 aromatic heterocycles. The van der Waals surface area contributed by atoms with Crippen LogP contribution in [-0.4, -0.2) is 59.0 Å². The first-order valence-corrected chi connectivity index (χ1v) is 8.77. The first-order valence-electron chi connectivity index (χ1n) is 8.77. The number of aromatic nitrogens is 1. The lowest BCUT2D eigenvalue weighted by Gasteiger charge is -2.35. The summed E-state index contributed by atoms with van der Waals surface area (Å²) >= 11 is 0. The molecule has 3 rings (SSSR count). The highest BCUT2D eigenvalue weighted by atomic mass is 16.5. The predicted octanol–water partition coefficient (Wildman–Crippen LogP) is 1.96. The minimum atomic E-state index is 0.0495. The summed E-state index contributed by atoms with van der Waals surface area (Å²) in [5, 5.41) is 0. The number of rotatable bonds is 3. The van der Waals surface area contributed by atoms with Gasteiger partial charge in [-0.2, -0.15) is 0 Å². The third kappa shape index (κ3) is 3.07. The molecule has 0 bridgehead atoms. The Morgan fingerprint density at radius 3 is 2.62 bits per heavy atom. The zero-order chi connectivity index (χ0) is 17.3. The molecule has 1 aromatic rings. The molecule has 0 unspecified atom stereocenters. The summed E-state index contributed by atoms with van der Waals surface area (Å²) in [6.07, 6.45) is 4.16. The molecule has 2 atom stereocenters. The van der Waals surface area contributed by atoms with E-state index in [1.165, 1.54) is 0 Å². The van der Waals surface area contributed by atoms with Crippen LogP contribution in [0, 0.1) is 0 Å². The van der Waals surface area contributed by atoms with Gasteiger partial charge in [-0.1, -0.05) is 0 Å². The highest BCUT2D eigenvalue weighted by Gasteiger charge is 2.31. The van der Waals surface area contributed by atoms with Gasteiger partial charge in [-0.3, -0.25) is 9.59 Å². The molecular weight excluding hydrogens is 306 g/mol. The molecule has 24 heavy (non-hydrogen) atoms. The third-order valence-electron chi connectivity index (χ3n) is 5.39. The number of methoxy groups -OCH3 is 1. The van der Waals surface area contributed by atoms with E-state index >= 15 is 0 Å². The van der Waals surface area contributed by atoms with Crippen LogP contribution in [0.3, 0.4) is 0 Å². The number of amides is 2. The number of carbonyl (C=O) groups excluding carboxylic acids is 2. The Labute approximate surface area is 143 Å². The van der Waals surface area contributed by atoms with Crippen LogP contribution in [0.5, 0.6) is 0 Å². The molecule has 0 saturated carbocycles. The molecule has 2 fully saturated rings. The minimum absolute atomic E-state index is 0.0495. The molecule has 2 aliphatic rings. The Morgan fingerprint density at radius 1 is 1.17 bits per heavy atom. The average molecular weight is 333 g/mol. The Hall–Kier alpha value is -1.82. The van der Waals surface area contributed by atoms with Crippen molar-refractivity contribution >= 4 is 11.8 Å². The maximum Gasteiger partial charge on any atom is 0.270 e. The molecule has 3 heterocycles. The number of ether oxygens (including phenoxy) is 1. The second kappa shape index (κ2) is 6.97. The van der Waals surface area contributed by atoms with E-state index in [4.69, 9.17) is 4.74 Å². The fourth-order valence-corrected chi connectivity index (χ4v) is 3.96. The smallest absolute Gasteiger partial charge is 0.270 e. The highest BCUT2D eigenvalue weighted by molar-refractivity contribution is 5.93. The molecule has 6 nitrogen and oxygen atoms in total. The summed E-state index contributed by atoms with van der Waals surface area (Å²) in [6, 6.07) is 3.97. The third-order valence-corrected chi connectivity index (χ3v) is 5.39. The number of carbonyl (C=O) groups is 2. The summed E-state index contributed by atoms with van der Waals surface area (Å²) in [4.78, 5) is 28.5. The van der Waals surface area contributed by atoms with E-state index in [1.54, 1.807) is 14.0 Å². The lowest BCUT2D eigenvalue weighted by Crippen LogP contribution is -2.38. The molecule has 0 radical (unpaired) electrons. The first kappa shape index (κ1) is 17.0. The molecule has 0 aliphatic carbocycles.